The third kappa shape index (κ3) is 5.28. The fraction of sp³-hybridized carbons (Fsp3) is 0.500. The van der Waals surface area contributed by atoms with Crippen LogP contribution in [0.25, 0.3) is 0 Å². The summed E-state index contributed by atoms with van der Waals surface area (Å²) in [7, 11) is 0. The van der Waals surface area contributed by atoms with Crippen LogP contribution in [0.3, 0.4) is 0 Å². The number of amides is 1. The predicted octanol–water partition coefficient (Wildman–Crippen LogP) is 0.314. The van der Waals surface area contributed by atoms with E-state index in [9.17, 15) is 4.79 Å². The Morgan fingerprint density at radius 2 is 2.11 bits per heavy atom. The molecule has 1 amide bonds. The van der Waals surface area contributed by atoms with Gasteiger partial charge in [-0.25, -0.2) is 0 Å². The van der Waals surface area contributed by atoms with Crippen LogP contribution in [0.2, 0.25) is 0 Å². The minimum atomic E-state index is -0.0962. The van der Waals surface area contributed by atoms with Crippen molar-refractivity contribution < 1.29 is 14.3 Å². The molecule has 1 N–H and O–H groups in total. The zero-order chi connectivity index (χ0) is 13.3. The van der Waals surface area contributed by atoms with Gasteiger partial charge >= 0.3 is 0 Å². The topological polar surface area (TPSA) is 50.8 Å². The molecular weight excluding hydrogens is 244 g/mol. The van der Waals surface area contributed by atoms with Crippen LogP contribution >= 0.6 is 0 Å². The number of benzene rings is 1. The number of carbonyl (C=O) groups excluding carboxylic acids is 1. The highest BCUT2D eigenvalue weighted by atomic mass is 16.5. The van der Waals surface area contributed by atoms with Crippen molar-refractivity contribution in [3.05, 3.63) is 30.3 Å². The lowest BCUT2D eigenvalue weighted by Gasteiger charge is -2.26. The Bertz CT molecular complexity index is 378. The molecule has 1 aliphatic rings. The van der Waals surface area contributed by atoms with Crippen molar-refractivity contribution in [2.45, 2.75) is 0 Å². The second-order valence-electron chi connectivity index (χ2n) is 4.33. The molecule has 0 atom stereocenters. The molecule has 103 valence electrons. The van der Waals surface area contributed by atoms with Crippen molar-refractivity contribution >= 4 is 5.91 Å². The molecule has 1 aliphatic heterocycles. The maximum absolute atomic E-state index is 11.6. The third-order valence-corrected chi connectivity index (χ3v) is 2.91. The Hall–Kier alpha value is -1.59. The van der Waals surface area contributed by atoms with Crippen LogP contribution in [0.4, 0.5) is 0 Å². The molecule has 0 spiro atoms. The molecule has 1 fully saturated rings. The second-order valence-corrected chi connectivity index (χ2v) is 4.33. The summed E-state index contributed by atoms with van der Waals surface area (Å²) in [5.41, 5.74) is 0. The van der Waals surface area contributed by atoms with E-state index in [0.717, 1.165) is 32.8 Å². The summed E-state index contributed by atoms with van der Waals surface area (Å²) in [5, 5.41) is 2.85. The highest BCUT2D eigenvalue weighted by Gasteiger charge is 2.10. The molecule has 1 aromatic rings. The minimum absolute atomic E-state index is 0.0487. The molecule has 0 aliphatic carbocycles. The molecule has 5 heteroatoms. The summed E-state index contributed by atoms with van der Waals surface area (Å²) >= 11 is 0. The quantitative estimate of drug-likeness (QED) is 0.803. The lowest BCUT2D eigenvalue weighted by atomic mass is 10.3. The average molecular weight is 263 g/mol. The fourth-order valence-corrected chi connectivity index (χ4v) is 1.85. The van der Waals surface area contributed by atoms with Crippen molar-refractivity contribution in [2.24, 2.45) is 0 Å². The molecule has 0 bridgehead atoms. The Labute approximate surface area is 113 Å². The van der Waals surface area contributed by atoms with E-state index in [4.69, 9.17) is 9.47 Å². The van der Waals surface area contributed by atoms with Gasteiger partial charge in [0, 0.05) is 26.2 Å². The van der Waals surface area contributed by atoms with Crippen LogP contribution in [-0.4, -0.2) is 56.8 Å². The Kier molecular flexibility index (Phi) is 5.65. The van der Waals surface area contributed by atoms with Crippen molar-refractivity contribution in [1.82, 2.24) is 10.2 Å². The van der Waals surface area contributed by atoms with Crippen molar-refractivity contribution in [1.29, 1.82) is 0 Å². The Morgan fingerprint density at radius 1 is 1.37 bits per heavy atom. The molecule has 1 radical (unpaired) electrons. The molecule has 1 aromatic carbocycles. The standard InChI is InChI=1S/C14H19N2O3/c17-14(12-19-13-4-2-1-3-5-13)15-6-7-16-8-10-18-11-9-16/h2-5H,6-12H2,(H,15,17). The SMILES string of the molecule is O=C(COc1cc[c]cc1)NCCN1CCOCC1. The van der Waals surface area contributed by atoms with Crippen molar-refractivity contribution in [2.75, 3.05) is 46.0 Å². The summed E-state index contributed by atoms with van der Waals surface area (Å²) in [4.78, 5) is 13.8. The maximum atomic E-state index is 11.6. The molecule has 19 heavy (non-hydrogen) atoms. The number of morpholine rings is 1. The molecular formula is C14H19N2O3. The number of carbonyl (C=O) groups is 1. The van der Waals surface area contributed by atoms with Gasteiger partial charge in [-0.15, -0.1) is 0 Å². The summed E-state index contributed by atoms with van der Waals surface area (Å²) in [5.74, 6) is 0.586. The van der Waals surface area contributed by atoms with Gasteiger partial charge in [-0.1, -0.05) is 12.1 Å². The lowest BCUT2D eigenvalue weighted by Crippen LogP contribution is -2.42. The third-order valence-electron chi connectivity index (χ3n) is 2.91. The van der Waals surface area contributed by atoms with E-state index < -0.39 is 0 Å². The second kappa shape index (κ2) is 7.76. The molecule has 1 heterocycles. The fourth-order valence-electron chi connectivity index (χ4n) is 1.85. The molecule has 0 saturated carbocycles. The highest BCUT2D eigenvalue weighted by molar-refractivity contribution is 5.77. The predicted molar refractivity (Wildman–Crippen MR) is 71.0 cm³/mol. The number of nitrogens with one attached hydrogen (secondary N) is 1. The van der Waals surface area contributed by atoms with Gasteiger partial charge in [0.1, 0.15) is 5.75 Å². The first-order valence-electron chi connectivity index (χ1n) is 6.50. The van der Waals surface area contributed by atoms with Gasteiger partial charge in [-0.05, 0) is 18.2 Å². The van der Waals surface area contributed by atoms with E-state index in [1.807, 2.05) is 0 Å². The summed E-state index contributed by atoms with van der Waals surface area (Å²) in [6.07, 6.45) is 0. The number of nitrogens with zero attached hydrogens (tertiary/aromatic N) is 1. The lowest BCUT2D eigenvalue weighted by molar-refractivity contribution is -0.123. The number of hydrogen-bond donors (Lipinski definition) is 1. The van der Waals surface area contributed by atoms with Crippen molar-refractivity contribution in [3.8, 4) is 5.75 Å². The van der Waals surface area contributed by atoms with Gasteiger partial charge in [0.15, 0.2) is 6.61 Å². The van der Waals surface area contributed by atoms with Crippen LogP contribution in [0.15, 0.2) is 24.3 Å². The first kappa shape index (κ1) is 13.8. The molecule has 1 saturated heterocycles. The monoisotopic (exact) mass is 263 g/mol. The van der Waals surface area contributed by atoms with Gasteiger partial charge < -0.3 is 14.8 Å². The minimum Gasteiger partial charge on any atom is -0.484 e. The van der Waals surface area contributed by atoms with Crippen molar-refractivity contribution in [3.63, 3.8) is 0 Å². The van der Waals surface area contributed by atoms with E-state index in [1.54, 1.807) is 24.3 Å². The zero-order valence-corrected chi connectivity index (χ0v) is 10.9. The van der Waals surface area contributed by atoms with Gasteiger partial charge in [-0.3, -0.25) is 9.69 Å². The van der Waals surface area contributed by atoms with Gasteiger partial charge in [-0.2, -0.15) is 0 Å². The van der Waals surface area contributed by atoms with Gasteiger partial charge in [0.05, 0.1) is 13.2 Å². The maximum Gasteiger partial charge on any atom is 0.257 e. The van der Waals surface area contributed by atoms with E-state index >= 15 is 0 Å². The normalized spacial score (nSPS) is 16.0. The van der Waals surface area contributed by atoms with Gasteiger partial charge in [0.25, 0.3) is 5.91 Å². The zero-order valence-electron chi connectivity index (χ0n) is 10.9. The molecule has 0 unspecified atom stereocenters. The molecule has 2 rings (SSSR count). The van der Waals surface area contributed by atoms with E-state index in [2.05, 4.69) is 16.3 Å². The van der Waals surface area contributed by atoms with E-state index in [-0.39, 0.29) is 12.5 Å². The number of rotatable bonds is 6. The molecule has 0 aromatic heterocycles. The summed E-state index contributed by atoms with van der Waals surface area (Å²) in [6.45, 7) is 4.98. The Balaban J connectivity index is 1.57. The summed E-state index contributed by atoms with van der Waals surface area (Å²) < 4.78 is 10.6. The van der Waals surface area contributed by atoms with E-state index in [1.165, 1.54) is 0 Å². The summed E-state index contributed by atoms with van der Waals surface area (Å²) in [6, 6.07) is 9.96. The first-order valence-corrected chi connectivity index (χ1v) is 6.50. The molecule has 5 nitrogen and oxygen atoms in total. The van der Waals surface area contributed by atoms with Crippen LogP contribution in [-0.2, 0) is 9.53 Å². The average Bonchev–Trinajstić information content (AvgIpc) is 2.47. The first-order chi connectivity index (χ1) is 9.34. The van der Waals surface area contributed by atoms with Crippen LogP contribution < -0.4 is 10.1 Å². The number of ether oxygens (including phenoxy) is 2. The smallest absolute Gasteiger partial charge is 0.257 e. The van der Waals surface area contributed by atoms with E-state index in [0.29, 0.717) is 12.3 Å². The highest BCUT2D eigenvalue weighted by Crippen LogP contribution is 2.07. The van der Waals surface area contributed by atoms with Crippen LogP contribution in [0.1, 0.15) is 0 Å². The van der Waals surface area contributed by atoms with Crippen LogP contribution in [0, 0.1) is 6.07 Å². The van der Waals surface area contributed by atoms with Crippen LogP contribution in [0.5, 0.6) is 5.75 Å². The largest absolute Gasteiger partial charge is 0.484 e. The van der Waals surface area contributed by atoms with Gasteiger partial charge in [0.2, 0.25) is 0 Å². The number of hydrogen-bond acceptors (Lipinski definition) is 4. The Morgan fingerprint density at radius 3 is 2.84 bits per heavy atom.